The van der Waals surface area contributed by atoms with E-state index in [0.29, 0.717) is 25.6 Å². The zero-order valence-corrected chi connectivity index (χ0v) is 13.3. The number of benzene rings is 1. The lowest BCUT2D eigenvalue weighted by molar-refractivity contribution is 0.409. The molecule has 0 bridgehead atoms. The Morgan fingerprint density at radius 1 is 1.24 bits per heavy atom. The van der Waals surface area contributed by atoms with Gasteiger partial charge in [-0.1, -0.05) is 18.2 Å². The smallest absolute Gasteiger partial charge is 0.208 e. The normalized spacial score (nSPS) is 12.0. The van der Waals surface area contributed by atoms with E-state index in [2.05, 4.69) is 20.3 Å². The molecule has 7 nitrogen and oxygen atoms in total. The Balaban J connectivity index is 2.41. The second-order valence-electron chi connectivity index (χ2n) is 4.33. The van der Waals surface area contributed by atoms with Crippen LogP contribution >= 0.6 is 0 Å². The van der Waals surface area contributed by atoms with Gasteiger partial charge in [0.05, 0.1) is 13.4 Å². The highest BCUT2D eigenvalue weighted by molar-refractivity contribution is 7.88. The molecule has 0 atom stereocenters. The molecular formula is C13H22N4O3S. The third-order valence-corrected chi connectivity index (χ3v) is 3.37. The van der Waals surface area contributed by atoms with E-state index in [0.717, 1.165) is 17.6 Å². The number of ether oxygens (including phenoxy) is 1. The molecule has 118 valence electrons. The number of rotatable bonds is 7. The van der Waals surface area contributed by atoms with Gasteiger partial charge in [0, 0.05) is 32.2 Å². The average molecular weight is 314 g/mol. The standard InChI is InChI=1S/C13H22N4O3S/c1-14-13(15-8-9-17-21(3,18)19)16-10-11-6-4-5-7-12(11)20-2/h4-7,17H,8-10H2,1-3H3,(H2,14,15,16). The summed E-state index contributed by atoms with van der Waals surface area (Å²) >= 11 is 0. The van der Waals surface area contributed by atoms with Gasteiger partial charge < -0.3 is 15.4 Å². The summed E-state index contributed by atoms with van der Waals surface area (Å²) in [6.45, 7) is 1.30. The SMILES string of the molecule is CN=C(NCCNS(C)(=O)=O)NCc1ccccc1OC. The maximum absolute atomic E-state index is 10.9. The highest BCUT2D eigenvalue weighted by atomic mass is 32.2. The zero-order valence-electron chi connectivity index (χ0n) is 12.5. The van der Waals surface area contributed by atoms with E-state index >= 15 is 0 Å². The molecule has 0 aliphatic rings. The van der Waals surface area contributed by atoms with E-state index in [9.17, 15) is 8.42 Å². The number of aliphatic imine (C=N–C) groups is 1. The van der Waals surface area contributed by atoms with Crippen molar-refractivity contribution >= 4 is 16.0 Å². The predicted octanol–water partition coefficient (Wildman–Crippen LogP) is -0.0906. The van der Waals surface area contributed by atoms with Crippen LogP contribution in [0.25, 0.3) is 0 Å². The van der Waals surface area contributed by atoms with E-state index < -0.39 is 10.0 Å². The molecule has 0 spiro atoms. The lowest BCUT2D eigenvalue weighted by Gasteiger charge is -2.13. The number of hydrogen-bond acceptors (Lipinski definition) is 4. The largest absolute Gasteiger partial charge is 0.496 e. The van der Waals surface area contributed by atoms with Crippen LogP contribution in [0.15, 0.2) is 29.3 Å². The molecule has 1 aromatic rings. The van der Waals surface area contributed by atoms with Gasteiger partial charge in [0.2, 0.25) is 10.0 Å². The number of sulfonamides is 1. The van der Waals surface area contributed by atoms with Gasteiger partial charge in [-0.3, -0.25) is 4.99 Å². The van der Waals surface area contributed by atoms with Crippen LogP contribution in [0.2, 0.25) is 0 Å². The third kappa shape index (κ3) is 6.96. The van der Waals surface area contributed by atoms with Gasteiger partial charge in [-0.15, -0.1) is 0 Å². The van der Waals surface area contributed by atoms with Crippen molar-refractivity contribution in [2.24, 2.45) is 4.99 Å². The Labute approximate surface area is 125 Å². The third-order valence-electron chi connectivity index (χ3n) is 2.64. The van der Waals surface area contributed by atoms with Crippen molar-refractivity contribution < 1.29 is 13.2 Å². The number of hydrogen-bond donors (Lipinski definition) is 3. The van der Waals surface area contributed by atoms with E-state index in [1.807, 2.05) is 24.3 Å². The van der Waals surface area contributed by atoms with Gasteiger partial charge in [-0.05, 0) is 6.07 Å². The molecule has 0 amide bonds. The first-order valence-electron chi connectivity index (χ1n) is 6.47. The summed E-state index contributed by atoms with van der Waals surface area (Å²) in [4.78, 5) is 4.07. The van der Waals surface area contributed by atoms with Gasteiger partial charge in [0.25, 0.3) is 0 Å². The molecule has 0 aliphatic carbocycles. The van der Waals surface area contributed by atoms with E-state index in [-0.39, 0.29) is 0 Å². The van der Waals surface area contributed by atoms with Crippen LogP contribution in [0, 0.1) is 0 Å². The lowest BCUT2D eigenvalue weighted by atomic mass is 10.2. The summed E-state index contributed by atoms with van der Waals surface area (Å²) in [5, 5.41) is 6.16. The van der Waals surface area contributed by atoms with Crippen LogP contribution in [0.1, 0.15) is 5.56 Å². The Bertz CT molecular complexity index is 573. The predicted molar refractivity (Wildman–Crippen MR) is 84.0 cm³/mol. The van der Waals surface area contributed by atoms with Gasteiger partial charge in [0.1, 0.15) is 5.75 Å². The van der Waals surface area contributed by atoms with Gasteiger partial charge in [-0.25, -0.2) is 13.1 Å². The van der Waals surface area contributed by atoms with Crippen LogP contribution in [0.4, 0.5) is 0 Å². The topological polar surface area (TPSA) is 91.8 Å². The molecule has 0 unspecified atom stereocenters. The van der Waals surface area contributed by atoms with E-state index in [1.54, 1.807) is 14.2 Å². The molecule has 0 aliphatic heterocycles. The average Bonchev–Trinajstić information content (AvgIpc) is 2.45. The summed E-state index contributed by atoms with van der Waals surface area (Å²) in [6.07, 6.45) is 1.13. The maximum Gasteiger partial charge on any atom is 0.208 e. The first kappa shape index (κ1) is 17.3. The van der Waals surface area contributed by atoms with Crippen LogP contribution in [-0.4, -0.2) is 47.9 Å². The molecule has 0 saturated carbocycles. The molecule has 0 heterocycles. The van der Waals surface area contributed by atoms with Crippen molar-refractivity contribution in [2.75, 3.05) is 33.5 Å². The molecule has 1 rings (SSSR count). The van der Waals surface area contributed by atoms with Crippen molar-refractivity contribution in [3.05, 3.63) is 29.8 Å². The fourth-order valence-electron chi connectivity index (χ4n) is 1.67. The molecule has 3 N–H and O–H groups in total. The monoisotopic (exact) mass is 314 g/mol. The minimum absolute atomic E-state index is 0.300. The summed E-state index contributed by atoms with van der Waals surface area (Å²) in [5.74, 6) is 1.40. The zero-order chi connectivity index (χ0) is 15.7. The van der Waals surface area contributed by atoms with Crippen molar-refractivity contribution in [3.8, 4) is 5.75 Å². The van der Waals surface area contributed by atoms with Crippen molar-refractivity contribution in [1.82, 2.24) is 15.4 Å². The van der Waals surface area contributed by atoms with Gasteiger partial charge in [0.15, 0.2) is 5.96 Å². The maximum atomic E-state index is 10.9. The van der Waals surface area contributed by atoms with Crippen LogP contribution < -0.4 is 20.1 Å². The van der Waals surface area contributed by atoms with E-state index in [4.69, 9.17) is 4.74 Å². The van der Waals surface area contributed by atoms with Crippen LogP contribution in [0.3, 0.4) is 0 Å². The Morgan fingerprint density at radius 3 is 2.57 bits per heavy atom. The summed E-state index contributed by atoms with van der Waals surface area (Å²) < 4.78 is 29.5. The van der Waals surface area contributed by atoms with Crippen molar-refractivity contribution in [2.45, 2.75) is 6.54 Å². The summed E-state index contributed by atoms with van der Waals surface area (Å²) in [7, 11) is 0.122. The number of nitrogens with one attached hydrogen (secondary N) is 3. The number of methoxy groups -OCH3 is 1. The van der Waals surface area contributed by atoms with Crippen molar-refractivity contribution in [1.29, 1.82) is 0 Å². The minimum Gasteiger partial charge on any atom is -0.496 e. The Morgan fingerprint density at radius 2 is 1.95 bits per heavy atom. The highest BCUT2D eigenvalue weighted by Crippen LogP contribution is 2.16. The molecular weight excluding hydrogens is 292 g/mol. The molecule has 0 fully saturated rings. The van der Waals surface area contributed by atoms with Gasteiger partial charge >= 0.3 is 0 Å². The first-order chi connectivity index (χ1) is 9.96. The molecule has 0 aromatic heterocycles. The molecule has 1 aromatic carbocycles. The second kappa shape index (κ2) is 8.48. The van der Waals surface area contributed by atoms with Crippen LogP contribution in [-0.2, 0) is 16.6 Å². The molecule has 0 radical (unpaired) electrons. The van der Waals surface area contributed by atoms with Gasteiger partial charge in [-0.2, -0.15) is 0 Å². The first-order valence-corrected chi connectivity index (χ1v) is 8.36. The number of nitrogens with zero attached hydrogens (tertiary/aromatic N) is 1. The van der Waals surface area contributed by atoms with Crippen LogP contribution in [0.5, 0.6) is 5.75 Å². The van der Waals surface area contributed by atoms with Crippen molar-refractivity contribution in [3.63, 3.8) is 0 Å². The number of para-hydroxylation sites is 1. The minimum atomic E-state index is -3.16. The Kier molecular flexibility index (Phi) is 6.97. The summed E-state index contributed by atoms with van der Waals surface area (Å²) in [5.41, 5.74) is 1.01. The highest BCUT2D eigenvalue weighted by Gasteiger charge is 2.04. The molecule has 0 saturated heterocycles. The quantitative estimate of drug-likeness (QED) is 0.372. The molecule has 21 heavy (non-hydrogen) atoms. The number of guanidine groups is 1. The fraction of sp³-hybridized carbons (Fsp3) is 0.462. The molecule has 8 heteroatoms. The fourth-order valence-corrected chi connectivity index (χ4v) is 2.14. The summed E-state index contributed by atoms with van der Waals surface area (Å²) in [6, 6.07) is 7.70. The lowest BCUT2D eigenvalue weighted by Crippen LogP contribution is -2.41. The van der Waals surface area contributed by atoms with E-state index in [1.165, 1.54) is 0 Å². The second-order valence-corrected chi connectivity index (χ2v) is 6.16. The Hall–Kier alpha value is -1.80.